The van der Waals surface area contributed by atoms with Crippen molar-refractivity contribution in [2.45, 2.75) is 65.3 Å². The van der Waals surface area contributed by atoms with Crippen LogP contribution in [0, 0.1) is 5.41 Å². The molecule has 1 aliphatic rings. The van der Waals surface area contributed by atoms with Crippen molar-refractivity contribution in [2.75, 3.05) is 19.6 Å². The number of nitrogens with one attached hydrogen (secondary N) is 3. The number of hydrogen-bond donors (Lipinski definition) is 3. The molecule has 1 saturated heterocycles. The Bertz CT molecular complexity index is 350. The Morgan fingerprint density at radius 3 is 2.52 bits per heavy atom. The maximum Gasteiger partial charge on any atom is 0.227 e. The van der Waals surface area contributed by atoms with E-state index in [4.69, 9.17) is 0 Å². The van der Waals surface area contributed by atoms with Crippen LogP contribution in [0.1, 0.15) is 59.8 Å². The highest BCUT2D eigenvalue weighted by Crippen LogP contribution is 2.31. The number of amides is 2. The number of piperidine rings is 1. The van der Waals surface area contributed by atoms with Crippen LogP contribution in [0.15, 0.2) is 0 Å². The van der Waals surface area contributed by atoms with E-state index in [9.17, 15) is 9.59 Å². The van der Waals surface area contributed by atoms with Crippen molar-refractivity contribution in [2.24, 2.45) is 5.41 Å². The summed E-state index contributed by atoms with van der Waals surface area (Å²) in [5.74, 6) is 0.0780. The minimum Gasteiger partial charge on any atom is -0.355 e. The first-order valence-corrected chi connectivity index (χ1v) is 8.09. The van der Waals surface area contributed by atoms with Crippen LogP contribution in [0.2, 0.25) is 0 Å². The Balaban J connectivity index is 2.42. The summed E-state index contributed by atoms with van der Waals surface area (Å²) in [6.07, 6.45) is 4.21. The van der Waals surface area contributed by atoms with E-state index in [-0.39, 0.29) is 22.8 Å². The lowest BCUT2D eigenvalue weighted by Crippen LogP contribution is -2.51. The molecule has 1 rings (SSSR count). The molecule has 5 nitrogen and oxygen atoms in total. The van der Waals surface area contributed by atoms with Crippen LogP contribution in [0.4, 0.5) is 0 Å². The van der Waals surface area contributed by atoms with Crippen molar-refractivity contribution < 1.29 is 9.59 Å². The van der Waals surface area contributed by atoms with E-state index in [0.29, 0.717) is 13.0 Å². The van der Waals surface area contributed by atoms with E-state index >= 15 is 0 Å². The van der Waals surface area contributed by atoms with Crippen LogP contribution < -0.4 is 16.0 Å². The Kier molecular flexibility index (Phi) is 6.65. The molecule has 1 heterocycles. The highest BCUT2D eigenvalue weighted by Gasteiger charge is 2.38. The largest absolute Gasteiger partial charge is 0.355 e. The molecule has 122 valence electrons. The van der Waals surface area contributed by atoms with E-state index in [2.05, 4.69) is 22.9 Å². The highest BCUT2D eigenvalue weighted by molar-refractivity contribution is 5.84. The van der Waals surface area contributed by atoms with Crippen molar-refractivity contribution in [3.05, 3.63) is 0 Å². The fraction of sp³-hybridized carbons (Fsp3) is 0.875. The highest BCUT2D eigenvalue weighted by atomic mass is 16.2. The molecule has 3 N–H and O–H groups in total. The zero-order valence-electron chi connectivity index (χ0n) is 14.0. The molecule has 2 amide bonds. The molecule has 0 spiro atoms. The van der Waals surface area contributed by atoms with Crippen molar-refractivity contribution >= 4 is 11.8 Å². The van der Waals surface area contributed by atoms with E-state index in [1.807, 2.05) is 20.8 Å². The fourth-order valence-corrected chi connectivity index (χ4v) is 2.92. The van der Waals surface area contributed by atoms with Gasteiger partial charge in [0.25, 0.3) is 0 Å². The topological polar surface area (TPSA) is 70.2 Å². The lowest BCUT2D eigenvalue weighted by molar-refractivity contribution is -0.132. The summed E-state index contributed by atoms with van der Waals surface area (Å²) < 4.78 is 0. The van der Waals surface area contributed by atoms with Crippen molar-refractivity contribution in [1.29, 1.82) is 0 Å². The van der Waals surface area contributed by atoms with Crippen LogP contribution in [0.3, 0.4) is 0 Å². The maximum atomic E-state index is 12.5. The predicted molar refractivity (Wildman–Crippen MR) is 85.0 cm³/mol. The Morgan fingerprint density at radius 2 is 2.00 bits per heavy atom. The lowest BCUT2D eigenvalue weighted by Gasteiger charge is -2.36. The maximum absolute atomic E-state index is 12.5. The first kappa shape index (κ1) is 18.0. The molecule has 1 unspecified atom stereocenters. The molecule has 0 saturated carbocycles. The van der Waals surface area contributed by atoms with Gasteiger partial charge in [-0.3, -0.25) is 9.59 Å². The SMILES string of the molecule is CCCC1(C(=O)NCCC(=O)NC(C)(C)C)CCCNC1. The van der Waals surface area contributed by atoms with E-state index < -0.39 is 0 Å². The second-order valence-corrected chi connectivity index (χ2v) is 7.11. The Labute approximate surface area is 128 Å². The summed E-state index contributed by atoms with van der Waals surface area (Å²) >= 11 is 0. The zero-order valence-corrected chi connectivity index (χ0v) is 14.0. The van der Waals surface area contributed by atoms with Gasteiger partial charge >= 0.3 is 0 Å². The molecule has 1 aliphatic heterocycles. The third kappa shape index (κ3) is 6.04. The normalized spacial score (nSPS) is 22.7. The van der Waals surface area contributed by atoms with Crippen LogP contribution in [-0.4, -0.2) is 37.0 Å². The second-order valence-electron chi connectivity index (χ2n) is 7.11. The molecule has 0 aliphatic carbocycles. The first-order chi connectivity index (χ1) is 9.79. The summed E-state index contributed by atoms with van der Waals surface area (Å²) in [4.78, 5) is 24.2. The minimum atomic E-state index is -0.284. The lowest BCUT2D eigenvalue weighted by atomic mass is 9.76. The number of hydrogen-bond acceptors (Lipinski definition) is 3. The molecule has 0 aromatic carbocycles. The van der Waals surface area contributed by atoms with Gasteiger partial charge in [0.1, 0.15) is 0 Å². The van der Waals surface area contributed by atoms with E-state index in [0.717, 1.165) is 38.8 Å². The summed E-state index contributed by atoms with van der Waals surface area (Å²) in [6.45, 7) is 10.1. The van der Waals surface area contributed by atoms with Crippen molar-refractivity contribution in [3.8, 4) is 0 Å². The average molecular weight is 297 g/mol. The van der Waals surface area contributed by atoms with Crippen LogP contribution in [0.25, 0.3) is 0 Å². The summed E-state index contributed by atoms with van der Waals surface area (Å²) in [7, 11) is 0. The standard InChI is InChI=1S/C16H31N3O2/c1-5-8-16(9-6-10-17-12-16)14(21)18-11-7-13(20)19-15(2,3)4/h17H,5-12H2,1-4H3,(H,18,21)(H,19,20). The summed E-state index contributed by atoms with van der Waals surface area (Å²) in [6, 6.07) is 0. The summed E-state index contributed by atoms with van der Waals surface area (Å²) in [5.41, 5.74) is -0.509. The van der Waals surface area contributed by atoms with Gasteiger partial charge in [0.2, 0.25) is 11.8 Å². The Hall–Kier alpha value is -1.10. The average Bonchev–Trinajstić information content (AvgIpc) is 2.38. The monoisotopic (exact) mass is 297 g/mol. The van der Waals surface area contributed by atoms with Gasteiger partial charge in [-0.2, -0.15) is 0 Å². The van der Waals surface area contributed by atoms with E-state index in [1.165, 1.54) is 0 Å². The minimum absolute atomic E-state index is 0.0193. The Morgan fingerprint density at radius 1 is 1.29 bits per heavy atom. The van der Waals surface area contributed by atoms with Crippen LogP contribution in [0.5, 0.6) is 0 Å². The zero-order chi connectivity index (χ0) is 15.9. The molecular formula is C16H31N3O2. The van der Waals surface area contributed by atoms with Crippen molar-refractivity contribution in [1.82, 2.24) is 16.0 Å². The van der Waals surface area contributed by atoms with Crippen molar-refractivity contribution in [3.63, 3.8) is 0 Å². The summed E-state index contributed by atoms with van der Waals surface area (Å²) in [5, 5.41) is 9.19. The van der Waals surface area contributed by atoms with Gasteiger partial charge in [-0.15, -0.1) is 0 Å². The van der Waals surface area contributed by atoms with Gasteiger partial charge in [0, 0.05) is 25.0 Å². The number of carbonyl (C=O) groups excluding carboxylic acids is 2. The molecule has 0 radical (unpaired) electrons. The molecule has 1 atom stereocenters. The number of carbonyl (C=O) groups is 2. The third-order valence-electron chi connectivity index (χ3n) is 3.83. The molecule has 21 heavy (non-hydrogen) atoms. The smallest absolute Gasteiger partial charge is 0.227 e. The molecule has 5 heteroatoms. The predicted octanol–water partition coefficient (Wildman–Crippen LogP) is 1.58. The van der Waals surface area contributed by atoms with Gasteiger partial charge in [-0.1, -0.05) is 13.3 Å². The second kappa shape index (κ2) is 7.78. The molecule has 0 bridgehead atoms. The third-order valence-corrected chi connectivity index (χ3v) is 3.83. The van der Waals surface area contributed by atoms with Gasteiger partial charge < -0.3 is 16.0 Å². The van der Waals surface area contributed by atoms with E-state index in [1.54, 1.807) is 0 Å². The molecule has 0 aromatic heterocycles. The van der Waals surface area contributed by atoms with Gasteiger partial charge in [-0.25, -0.2) is 0 Å². The quantitative estimate of drug-likeness (QED) is 0.697. The van der Waals surface area contributed by atoms with Gasteiger partial charge in [0.05, 0.1) is 5.41 Å². The molecule has 0 aromatic rings. The molecular weight excluding hydrogens is 266 g/mol. The fourth-order valence-electron chi connectivity index (χ4n) is 2.92. The van der Waals surface area contributed by atoms with Gasteiger partial charge in [0.15, 0.2) is 0 Å². The molecule has 1 fully saturated rings. The number of rotatable bonds is 6. The van der Waals surface area contributed by atoms with Gasteiger partial charge in [-0.05, 0) is 46.6 Å². The first-order valence-electron chi connectivity index (χ1n) is 8.09. The van der Waals surface area contributed by atoms with Crippen LogP contribution >= 0.6 is 0 Å². The van der Waals surface area contributed by atoms with Crippen LogP contribution in [-0.2, 0) is 9.59 Å².